The number of hydrogen-bond donors (Lipinski definition) is 0. The van der Waals surface area contributed by atoms with Crippen LogP contribution >= 0.6 is 11.6 Å². The van der Waals surface area contributed by atoms with Crippen LogP contribution in [-0.4, -0.2) is 50.7 Å². The first-order valence-electron chi connectivity index (χ1n) is 11.7. The van der Waals surface area contributed by atoms with E-state index in [1.54, 1.807) is 13.8 Å². The van der Waals surface area contributed by atoms with E-state index in [2.05, 4.69) is 0 Å². The number of benzene rings is 2. The van der Waals surface area contributed by atoms with Crippen molar-refractivity contribution in [1.82, 2.24) is 4.90 Å². The molecule has 0 aliphatic carbocycles. The third-order valence-electron chi connectivity index (χ3n) is 7.05. The molecule has 0 radical (unpaired) electrons. The maximum absolute atomic E-state index is 13.4. The summed E-state index contributed by atoms with van der Waals surface area (Å²) in [6.45, 7) is 6.51. The molecule has 204 valence electrons. The fourth-order valence-corrected chi connectivity index (χ4v) is 7.66. The number of hydrogen-bond acceptors (Lipinski definition) is 5. The standard InChI is InChI=1S/C25H29ClF3NO5S2/c1-16(2)36(32,33)19-8-9-21(22(26)15-19)23(31)30-12-10-17(11-13-30)24(3,4)37(34,35)20-7-5-6-18(14-20)25(27,28)29/h5-9,14-17H,10-13H2,1-4H3. The number of carbonyl (C=O) groups excluding carboxylic acids is 1. The fraction of sp³-hybridized carbons (Fsp3) is 0.480. The van der Waals surface area contributed by atoms with Crippen LogP contribution in [0.3, 0.4) is 0 Å². The van der Waals surface area contributed by atoms with Crippen LogP contribution < -0.4 is 0 Å². The van der Waals surface area contributed by atoms with Crippen molar-refractivity contribution in [3.8, 4) is 0 Å². The molecule has 0 spiro atoms. The second kappa shape index (κ2) is 10.2. The molecule has 1 aliphatic rings. The molecule has 2 aromatic rings. The van der Waals surface area contributed by atoms with Gasteiger partial charge in [0.25, 0.3) is 5.91 Å². The van der Waals surface area contributed by atoms with Gasteiger partial charge in [0.15, 0.2) is 19.7 Å². The summed E-state index contributed by atoms with van der Waals surface area (Å²) in [5.74, 6) is -0.819. The van der Waals surface area contributed by atoms with Gasteiger partial charge in [0.05, 0.1) is 35.9 Å². The highest BCUT2D eigenvalue weighted by Crippen LogP contribution is 2.40. The van der Waals surface area contributed by atoms with Gasteiger partial charge in [0.1, 0.15) is 0 Å². The Morgan fingerprint density at radius 2 is 1.57 bits per heavy atom. The zero-order valence-electron chi connectivity index (χ0n) is 20.8. The molecule has 0 N–H and O–H groups in total. The molecule has 12 heteroatoms. The molecule has 1 fully saturated rings. The van der Waals surface area contributed by atoms with E-state index >= 15 is 0 Å². The Morgan fingerprint density at radius 3 is 2.08 bits per heavy atom. The molecule has 0 bridgehead atoms. The van der Waals surface area contributed by atoms with E-state index in [4.69, 9.17) is 11.6 Å². The van der Waals surface area contributed by atoms with Gasteiger partial charge in [-0.1, -0.05) is 17.7 Å². The lowest BCUT2D eigenvalue weighted by molar-refractivity contribution is -0.137. The quantitative estimate of drug-likeness (QED) is 0.441. The van der Waals surface area contributed by atoms with Crippen LogP contribution in [0.4, 0.5) is 13.2 Å². The topological polar surface area (TPSA) is 88.6 Å². The summed E-state index contributed by atoms with van der Waals surface area (Å²) in [5.41, 5.74) is -0.896. The molecule has 6 nitrogen and oxygen atoms in total. The zero-order valence-corrected chi connectivity index (χ0v) is 23.2. The summed E-state index contributed by atoms with van der Waals surface area (Å²) in [6.07, 6.45) is -4.04. The highest BCUT2D eigenvalue weighted by Gasteiger charge is 2.45. The van der Waals surface area contributed by atoms with Crippen molar-refractivity contribution >= 4 is 37.2 Å². The van der Waals surface area contributed by atoms with Crippen molar-refractivity contribution in [2.45, 2.75) is 66.5 Å². The highest BCUT2D eigenvalue weighted by atomic mass is 35.5. The summed E-state index contributed by atoms with van der Waals surface area (Å²) < 4.78 is 89.5. The van der Waals surface area contributed by atoms with Gasteiger partial charge in [-0.05, 0) is 82.9 Å². The minimum absolute atomic E-state index is 0.00121. The summed E-state index contributed by atoms with van der Waals surface area (Å²) in [7, 11) is -7.69. The summed E-state index contributed by atoms with van der Waals surface area (Å²) in [6, 6.07) is 7.68. The van der Waals surface area contributed by atoms with E-state index in [1.807, 2.05) is 0 Å². The molecular weight excluding hydrogens is 551 g/mol. The van der Waals surface area contributed by atoms with E-state index in [1.165, 1.54) is 36.9 Å². The number of piperidine rings is 1. The van der Waals surface area contributed by atoms with Gasteiger partial charge in [-0.2, -0.15) is 13.2 Å². The SMILES string of the molecule is CC(C)S(=O)(=O)c1ccc(C(=O)N2CCC(C(C)(C)S(=O)(=O)c3cccc(C(F)(F)F)c3)CC2)c(Cl)c1. The molecular formula is C25H29ClF3NO5S2. The Labute approximate surface area is 220 Å². The van der Waals surface area contributed by atoms with Crippen molar-refractivity contribution in [3.05, 3.63) is 58.6 Å². The number of halogens is 4. The first-order valence-corrected chi connectivity index (χ1v) is 15.1. The van der Waals surface area contributed by atoms with Crippen LogP contribution in [0.1, 0.15) is 56.5 Å². The Hall–Kier alpha value is -2.11. The minimum atomic E-state index is -4.67. The van der Waals surface area contributed by atoms with E-state index in [0.717, 1.165) is 18.2 Å². The lowest BCUT2D eigenvalue weighted by atomic mass is 9.85. The second-order valence-corrected chi connectivity index (χ2v) is 15.4. The molecule has 0 atom stereocenters. The number of amides is 1. The van der Waals surface area contributed by atoms with Gasteiger partial charge >= 0.3 is 6.18 Å². The fourth-order valence-electron chi connectivity index (χ4n) is 4.43. The molecule has 0 aromatic heterocycles. The van der Waals surface area contributed by atoms with Crippen molar-refractivity contribution < 1.29 is 34.8 Å². The second-order valence-electron chi connectivity index (χ2n) is 9.93. The number of likely N-dealkylation sites (tertiary alicyclic amines) is 1. The predicted molar refractivity (Wildman–Crippen MR) is 135 cm³/mol. The summed E-state index contributed by atoms with van der Waals surface area (Å²) >= 11 is 6.26. The lowest BCUT2D eigenvalue weighted by Crippen LogP contribution is -2.47. The van der Waals surface area contributed by atoms with Gasteiger partial charge in [-0.3, -0.25) is 4.79 Å². The van der Waals surface area contributed by atoms with Crippen molar-refractivity contribution in [2.24, 2.45) is 5.92 Å². The maximum Gasteiger partial charge on any atom is 0.416 e. The van der Waals surface area contributed by atoms with Crippen LogP contribution in [-0.2, 0) is 25.9 Å². The Morgan fingerprint density at radius 1 is 0.973 bits per heavy atom. The Kier molecular flexibility index (Phi) is 8.13. The number of nitrogens with zero attached hydrogens (tertiary/aromatic N) is 1. The Bertz CT molecular complexity index is 1400. The maximum atomic E-state index is 13.4. The van der Waals surface area contributed by atoms with Gasteiger partial charge in [0, 0.05) is 13.1 Å². The summed E-state index contributed by atoms with van der Waals surface area (Å²) in [4.78, 5) is 14.2. The van der Waals surface area contributed by atoms with Crippen molar-refractivity contribution in [3.63, 3.8) is 0 Å². The lowest BCUT2D eigenvalue weighted by Gasteiger charge is -2.40. The van der Waals surface area contributed by atoms with E-state index in [-0.39, 0.29) is 28.6 Å². The van der Waals surface area contributed by atoms with E-state index in [0.29, 0.717) is 18.9 Å². The minimum Gasteiger partial charge on any atom is -0.339 e. The normalized spacial score (nSPS) is 16.3. The van der Waals surface area contributed by atoms with Crippen LogP contribution in [0.2, 0.25) is 5.02 Å². The third-order valence-corrected chi connectivity index (χ3v) is 12.1. The number of alkyl halides is 3. The number of sulfone groups is 2. The van der Waals surface area contributed by atoms with Crippen LogP contribution in [0.25, 0.3) is 0 Å². The summed E-state index contributed by atoms with van der Waals surface area (Å²) in [5, 5.41) is -0.652. The third kappa shape index (κ3) is 5.68. The van der Waals surface area contributed by atoms with Gasteiger partial charge in [-0.15, -0.1) is 0 Å². The number of rotatable bonds is 6. The monoisotopic (exact) mass is 579 g/mol. The molecule has 1 heterocycles. The van der Waals surface area contributed by atoms with Crippen molar-refractivity contribution in [1.29, 1.82) is 0 Å². The molecule has 2 aromatic carbocycles. The first-order chi connectivity index (χ1) is 16.9. The first kappa shape index (κ1) is 29.4. The van der Waals surface area contributed by atoms with Crippen LogP contribution in [0.5, 0.6) is 0 Å². The zero-order chi connectivity index (χ0) is 28.0. The van der Waals surface area contributed by atoms with Gasteiger partial charge < -0.3 is 4.90 Å². The number of carbonyl (C=O) groups is 1. The molecule has 1 aliphatic heterocycles. The molecule has 1 amide bonds. The highest BCUT2D eigenvalue weighted by molar-refractivity contribution is 7.93. The molecule has 1 saturated heterocycles. The van der Waals surface area contributed by atoms with E-state index in [9.17, 15) is 34.8 Å². The van der Waals surface area contributed by atoms with E-state index < -0.39 is 58.1 Å². The largest absolute Gasteiger partial charge is 0.416 e. The molecule has 0 unspecified atom stereocenters. The smallest absolute Gasteiger partial charge is 0.339 e. The molecule has 37 heavy (non-hydrogen) atoms. The van der Waals surface area contributed by atoms with Gasteiger partial charge in [0.2, 0.25) is 0 Å². The van der Waals surface area contributed by atoms with Crippen molar-refractivity contribution in [2.75, 3.05) is 13.1 Å². The Balaban J connectivity index is 1.77. The molecule has 0 saturated carbocycles. The molecule has 3 rings (SSSR count). The van der Waals surface area contributed by atoms with Crippen LogP contribution in [0.15, 0.2) is 52.3 Å². The van der Waals surface area contributed by atoms with Crippen LogP contribution in [0, 0.1) is 5.92 Å². The van der Waals surface area contributed by atoms with Gasteiger partial charge in [-0.25, -0.2) is 16.8 Å². The average molecular weight is 580 g/mol. The predicted octanol–water partition coefficient (Wildman–Crippen LogP) is 5.65. The average Bonchev–Trinajstić information content (AvgIpc) is 2.83.